The van der Waals surface area contributed by atoms with E-state index < -0.39 is 5.97 Å². The highest BCUT2D eigenvalue weighted by atomic mass is 79.9. The van der Waals surface area contributed by atoms with Crippen LogP contribution in [0.2, 0.25) is 0 Å². The molecule has 0 atom stereocenters. The Balaban J connectivity index is 1.38. The van der Waals surface area contributed by atoms with E-state index in [-0.39, 0.29) is 16.4 Å². The van der Waals surface area contributed by atoms with Gasteiger partial charge in [-0.05, 0) is 64.5 Å². The number of halogens is 1. The Bertz CT molecular complexity index is 1570. The van der Waals surface area contributed by atoms with Crippen molar-refractivity contribution in [3.8, 4) is 17.1 Å². The van der Waals surface area contributed by atoms with Crippen LogP contribution in [0.25, 0.3) is 33.2 Å². The van der Waals surface area contributed by atoms with E-state index in [0.29, 0.717) is 33.7 Å². The van der Waals surface area contributed by atoms with Gasteiger partial charge in [0.15, 0.2) is 11.0 Å². The average molecular weight is 502 g/mol. The van der Waals surface area contributed by atoms with E-state index in [1.807, 2.05) is 36.4 Å². The zero-order valence-electron chi connectivity index (χ0n) is 17.1. The molecule has 0 fully saturated rings. The molecule has 0 aliphatic rings. The van der Waals surface area contributed by atoms with Crippen LogP contribution in [0.3, 0.4) is 0 Å². The first kappa shape index (κ1) is 20.9. The molecular formula is C26H16BrNO5. The molecule has 3 aromatic carbocycles. The third kappa shape index (κ3) is 4.23. The van der Waals surface area contributed by atoms with Gasteiger partial charge >= 0.3 is 5.97 Å². The van der Waals surface area contributed by atoms with Crippen LogP contribution in [-0.2, 0) is 6.61 Å². The monoisotopic (exact) mass is 501 g/mol. The molecule has 0 aliphatic carbocycles. The Morgan fingerprint density at radius 2 is 1.79 bits per heavy atom. The fourth-order valence-corrected chi connectivity index (χ4v) is 4.08. The van der Waals surface area contributed by atoms with Gasteiger partial charge in [-0.1, -0.05) is 24.3 Å². The van der Waals surface area contributed by atoms with Gasteiger partial charge in [-0.3, -0.25) is 4.79 Å². The van der Waals surface area contributed by atoms with Gasteiger partial charge in [-0.15, -0.1) is 0 Å². The minimum Gasteiger partial charge on any atom is -0.487 e. The third-order valence-electron chi connectivity index (χ3n) is 5.21. The highest BCUT2D eigenvalue weighted by Crippen LogP contribution is 2.29. The van der Waals surface area contributed by atoms with Crippen molar-refractivity contribution in [1.29, 1.82) is 0 Å². The SMILES string of the molecule is O=C(O)c1cc(Br)c2oc(-c3ccc(OCc4ccc5ccccc5n4)cc3)cc(=O)c2c1. The first-order chi connectivity index (χ1) is 16.0. The molecule has 5 rings (SSSR count). The molecule has 0 radical (unpaired) electrons. The Labute approximate surface area is 196 Å². The molecule has 2 aromatic heterocycles. The number of benzene rings is 3. The maximum atomic E-state index is 12.6. The second-order valence-corrected chi connectivity index (χ2v) is 8.28. The number of hydrogen-bond acceptors (Lipinski definition) is 5. The number of rotatable bonds is 5. The highest BCUT2D eigenvalue weighted by Gasteiger charge is 2.14. The molecule has 7 heteroatoms. The Morgan fingerprint density at radius 3 is 2.58 bits per heavy atom. The summed E-state index contributed by atoms with van der Waals surface area (Å²) in [4.78, 5) is 28.5. The van der Waals surface area contributed by atoms with E-state index in [2.05, 4.69) is 20.9 Å². The van der Waals surface area contributed by atoms with Gasteiger partial charge < -0.3 is 14.3 Å². The van der Waals surface area contributed by atoms with Crippen LogP contribution in [-0.4, -0.2) is 16.1 Å². The van der Waals surface area contributed by atoms with Crippen LogP contribution >= 0.6 is 15.9 Å². The van der Waals surface area contributed by atoms with Gasteiger partial charge in [0.2, 0.25) is 0 Å². The first-order valence-corrected chi connectivity index (χ1v) is 10.9. The van der Waals surface area contributed by atoms with E-state index in [1.165, 1.54) is 18.2 Å². The van der Waals surface area contributed by atoms with E-state index in [4.69, 9.17) is 9.15 Å². The van der Waals surface area contributed by atoms with Crippen LogP contribution < -0.4 is 10.2 Å². The number of carboxylic acids is 1. The Hall–Kier alpha value is -3.97. The summed E-state index contributed by atoms with van der Waals surface area (Å²) in [5, 5.41) is 10.5. The summed E-state index contributed by atoms with van der Waals surface area (Å²) in [6.45, 7) is 0.327. The van der Waals surface area contributed by atoms with Crippen molar-refractivity contribution in [2.75, 3.05) is 0 Å². The number of fused-ring (bicyclic) bond motifs is 2. The number of pyridine rings is 1. The van der Waals surface area contributed by atoms with E-state index in [1.54, 1.807) is 24.3 Å². The number of nitrogens with zero attached hydrogens (tertiary/aromatic N) is 1. The van der Waals surface area contributed by atoms with Crippen molar-refractivity contribution < 1.29 is 19.1 Å². The number of carboxylic acid groups (broad SMARTS) is 1. The van der Waals surface area contributed by atoms with Crippen LogP contribution in [0.4, 0.5) is 0 Å². The molecule has 0 unspecified atom stereocenters. The normalized spacial score (nSPS) is 11.1. The van der Waals surface area contributed by atoms with Crippen LogP contribution in [0.5, 0.6) is 5.75 Å². The Kier molecular flexibility index (Phi) is 5.40. The van der Waals surface area contributed by atoms with E-state index in [0.717, 1.165) is 16.6 Å². The predicted octanol–water partition coefficient (Wildman–Crippen LogP) is 6.05. The first-order valence-electron chi connectivity index (χ1n) is 10.1. The van der Waals surface area contributed by atoms with Crippen LogP contribution in [0.15, 0.2) is 92.5 Å². The molecule has 0 bridgehead atoms. The van der Waals surface area contributed by atoms with Gasteiger partial charge in [0.25, 0.3) is 0 Å². The van der Waals surface area contributed by atoms with Gasteiger partial charge in [0.1, 0.15) is 18.1 Å². The summed E-state index contributed by atoms with van der Waals surface area (Å²) in [5.74, 6) is -0.0845. The number of ether oxygens (including phenoxy) is 1. The summed E-state index contributed by atoms with van der Waals surface area (Å²) < 4.78 is 12.2. The molecule has 33 heavy (non-hydrogen) atoms. The lowest BCUT2D eigenvalue weighted by molar-refractivity contribution is 0.0697. The van der Waals surface area contributed by atoms with Gasteiger partial charge in [0, 0.05) is 17.0 Å². The topological polar surface area (TPSA) is 89.6 Å². The molecule has 0 spiro atoms. The summed E-state index contributed by atoms with van der Waals surface area (Å²) in [6, 6.07) is 23.1. The molecule has 162 valence electrons. The highest BCUT2D eigenvalue weighted by molar-refractivity contribution is 9.10. The number of para-hydroxylation sites is 1. The number of carbonyl (C=O) groups is 1. The molecule has 0 amide bonds. The summed E-state index contributed by atoms with van der Waals surface area (Å²) in [5.41, 5.74) is 2.42. The van der Waals surface area contributed by atoms with Crippen molar-refractivity contribution in [2.24, 2.45) is 0 Å². The second kappa shape index (κ2) is 8.52. The lowest BCUT2D eigenvalue weighted by Crippen LogP contribution is -2.04. The fraction of sp³-hybridized carbons (Fsp3) is 0.0385. The number of hydrogen-bond donors (Lipinski definition) is 1. The predicted molar refractivity (Wildman–Crippen MR) is 129 cm³/mol. The van der Waals surface area contributed by atoms with Gasteiger partial charge in [-0.2, -0.15) is 0 Å². The molecule has 6 nitrogen and oxygen atoms in total. The zero-order valence-corrected chi connectivity index (χ0v) is 18.7. The molecule has 0 saturated carbocycles. The lowest BCUT2D eigenvalue weighted by atomic mass is 10.1. The third-order valence-corrected chi connectivity index (χ3v) is 5.80. The van der Waals surface area contributed by atoms with Crippen molar-refractivity contribution in [1.82, 2.24) is 4.98 Å². The van der Waals surface area contributed by atoms with Gasteiger partial charge in [-0.25, -0.2) is 9.78 Å². The van der Waals surface area contributed by atoms with Gasteiger partial charge in [0.05, 0.1) is 26.6 Å². The molecule has 2 heterocycles. The fourth-order valence-electron chi connectivity index (χ4n) is 3.54. The minimum atomic E-state index is -1.12. The smallest absolute Gasteiger partial charge is 0.335 e. The quantitative estimate of drug-likeness (QED) is 0.315. The van der Waals surface area contributed by atoms with Crippen molar-refractivity contribution in [3.63, 3.8) is 0 Å². The Morgan fingerprint density at radius 1 is 1.00 bits per heavy atom. The maximum absolute atomic E-state index is 12.6. The summed E-state index contributed by atoms with van der Waals surface area (Å²) in [6.07, 6.45) is 0. The standard InChI is InChI=1S/C26H16BrNO5/c27-21-12-17(26(30)31)11-20-23(29)13-24(33-25(20)21)16-6-9-19(10-7-16)32-14-18-8-5-15-3-1-2-4-22(15)28-18/h1-13H,14H2,(H,30,31). The second-order valence-electron chi connectivity index (χ2n) is 7.42. The van der Waals surface area contributed by atoms with E-state index in [9.17, 15) is 14.7 Å². The van der Waals surface area contributed by atoms with Crippen molar-refractivity contribution in [3.05, 3.63) is 105 Å². The summed E-state index contributed by atoms with van der Waals surface area (Å²) >= 11 is 3.30. The van der Waals surface area contributed by atoms with Crippen LogP contribution in [0.1, 0.15) is 16.1 Å². The molecular weight excluding hydrogens is 486 g/mol. The largest absolute Gasteiger partial charge is 0.487 e. The minimum absolute atomic E-state index is 0.0110. The number of aromatic nitrogens is 1. The summed E-state index contributed by atoms with van der Waals surface area (Å²) in [7, 11) is 0. The molecule has 0 saturated heterocycles. The zero-order chi connectivity index (χ0) is 22.9. The van der Waals surface area contributed by atoms with Crippen molar-refractivity contribution in [2.45, 2.75) is 6.61 Å². The lowest BCUT2D eigenvalue weighted by Gasteiger charge is -2.09. The maximum Gasteiger partial charge on any atom is 0.335 e. The van der Waals surface area contributed by atoms with Crippen molar-refractivity contribution >= 4 is 43.8 Å². The molecule has 0 aliphatic heterocycles. The molecule has 1 N–H and O–H groups in total. The average Bonchev–Trinajstić information content (AvgIpc) is 2.83. The van der Waals surface area contributed by atoms with E-state index >= 15 is 0 Å². The van der Waals surface area contributed by atoms with Crippen LogP contribution in [0, 0.1) is 0 Å². The number of aromatic carboxylic acids is 1. The molecule has 5 aromatic rings.